The van der Waals surface area contributed by atoms with E-state index in [1.54, 1.807) is 0 Å². The van der Waals surface area contributed by atoms with Crippen LogP contribution in [0.25, 0.3) is 0 Å². The zero-order chi connectivity index (χ0) is 27.3. The average molecular weight is 517 g/mol. The zero-order valence-corrected chi connectivity index (χ0v) is 24.4. The minimum atomic E-state index is -1.01. The van der Waals surface area contributed by atoms with Crippen LogP contribution in [0.15, 0.2) is 0 Å². The number of hydrogen-bond acceptors (Lipinski definition) is 6. The zero-order valence-electron chi connectivity index (χ0n) is 24.4. The van der Waals surface area contributed by atoms with Gasteiger partial charge in [-0.1, -0.05) is 106 Å². The topological polar surface area (TPSA) is 96.2 Å². The quantitative estimate of drug-likeness (QED) is 0.128. The molecule has 0 saturated carbocycles. The lowest BCUT2D eigenvalue weighted by molar-refractivity contribution is -0.181. The molecule has 36 heavy (non-hydrogen) atoms. The first-order chi connectivity index (χ1) is 17.3. The summed E-state index contributed by atoms with van der Waals surface area (Å²) in [6.07, 6.45) is 10.4. The third kappa shape index (κ3) is 14.3. The highest BCUT2D eigenvalue weighted by atomic mass is 16.6. The molecule has 0 aromatic heterocycles. The molecule has 3 N–H and O–H groups in total. The van der Waals surface area contributed by atoms with E-state index in [9.17, 15) is 20.1 Å². The molecular formula is C30H60O6. The summed E-state index contributed by atoms with van der Waals surface area (Å²) < 4.78 is 12.4. The fraction of sp³-hybridized carbons (Fsp3) is 0.967. The van der Waals surface area contributed by atoms with Crippen LogP contribution in [0.3, 0.4) is 0 Å². The largest absolute Gasteiger partial charge is 0.457 e. The van der Waals surface area contributed by atoms with E-state index in [4.69, 9.17) is 9.47 Å². The third-order valence-electron chi connectivity index (χ3n) is 7.78. The number of carbonyl (C=O) groups excluding carboxylic acids is 1. The van der Waals surface area contributed by atoms with Crippen molar-refractivity contribution in [2.75, 3.05) is 13.2 Å². The summed E-state index contributed by atoms with van der Waals surface area (Å²) in [5, 5.41) is 30.8. The molecule has 0 aliphatic heterocycles. The standard InChI is InChI=1S/C30H60O6/c1-7-13-16-23(10-4)19-27(26(33)21-31)35-28(20-24(11-5)17-14-8-2)29(22-32)36-30(34)25(12-6)18-15-9-3/h23-29,31-33H,7-22H2,1-6H3. The summed E-state index contributed by atoms with van der Waals surface area (Å²) >= 11 is 0. The van der Waals surface area contributed by atoms with Gasteiger partial charge in [0.15, 0.2) is 6.10 Å². The molecule has 0 saturated heterocycles. The van der Waals surface area contributed by atoms with Gasteiger partial charge in [0.2, 0.25) is 0 Å². The second-order valence-electron chi connectivity index (χ2n) is 10.7. The lowest BCUT2D eigenvalue weighted by Crippen LogP contribution is -2.45. The number of esters is 1. The maximum atomic E-state index is 13.0. The molecule has 0 aromatic rings. The Bertz CT molecular complexity index is 514. The highest BCUT2D eigenvalue weighted by molar-refractivity contribution is 5.72. The van der Waals surface area contributed by atoms with Gasteiger partial charge in [0.25, 0.3) is 0 Å². The fourth-order valence-corrected chi connectivity index (χ4v) is 4.98. The molecule has 0 fully saturated rings. The van der Waals surface area contributed by atoms with E-state index in [0.29, 0.717) is 31.1 Å². The lowest BCUT2D eigenvalue weighted by Gasteiger charge is -2.35. The first-order valence-electron chi connectivity index (χ1n) is 15.1. The fourth-order valence-electron chi connectivity index (χ4n) is 4.98. The predicted octanol–water partition coefficient (Wildman–Crippen LogP) is 6.43. The van der Waals surface area contributed by atoms with Crippen molar-refractivity contribution >= 4 is 5.97 Å². The summed E-state index contributed by atoms with van der Waals surface area (Å²) in [5.74, 6) is 0.305. The summed E-state index contributed by atoms with van der Waals surface area (Å²) in [4.78, 5) is 13.0. The van der Waals surface area contributed by atoms with Crippen molar-refractivity contribution in [3.05, 3.63) is 0 Å². The number of aliphatic hydroxyl groups excluding tert-OH is 3. The van der Waals surface area contributed by atoms with E-state index >= 15 is 0 Å². The van der Waals surface area contributed by atoms with Crippen LogP contribution in [0.5, 0.6) is 0 Å². The van der Waals surface area contributed by atoms with E-state index in [2.05, 4.69) is 34.6 Å². The molecule has 7 atom stereocenters. The number of ether oxygens (including phenoxy) is 2. The van der Waals surface area contributed by atoms with Crippen molar-refractivity contribution in [3.8, 4) is 0 Å². The molecule has 216 valence electrons. The van der Waals surface area contributed by atoms with Crippen LogP contribution in [-0.2, 0) is 14.3 Å². The minimum Gasteiger partial charge on any atom is -0.457 e. The average Bonchev–Trinajstić information content (AvgIpc) is 2.90. The summed E-state index contributed by atoms with van der Waals surface area (Å²) in [6, 6.07) is 0. The van der Waals surface area contributed by atoms with E-state index < -0.39 is 24.4 Å². The molecule has 6 nitrogen and oxygen atoms in total. The van der Waals surface area contributed by atoms with Crippen LogP contribution in [0.4, 0.5) is 0 Å². The Morgan fingerprint density at radius 3 is 1.58 bits per heavy atom. The molecule has 6 heteroatoms. The molecule has 0 radical (unpaired) electrons. The summed E-state index contributed by atoms with van der Waals surface area (Å²) in [7, 11) is 0. The van der Waals surface area contributed by atoms with Gasteiger partial charge in [0.05, 0.1) is 31.3 Å². The number of rotatable bonds is 24. The van der Waals surface area contributed by atoms with Crippen molar-refractivity contribution in [2.45, 2.75) is 156 Å². The number of unbranched alkanes of at least 4 members (excludes halogenated alkanes) is 3. The van der Waals surface area contributed by atoms with Gasteiger partial charge in [-0.2, -0.15) is 0 Å². The Morgan fingerprint density at radius 1 is 0.667 bits per heavy atom. The molecule has 0 aliphatic carbocycles. The van der Waals surface area contributed by atoms with Crippen molar-refractivity contribution < 1.29 is 29.6 Å². The molecule has 0 aliphatic rings. The van der Waals surface area contributed by atoms with E-state index in [0.717, 1.165) is 70.6 Å². The summed E-state index contributed by atoms with van der Waals surface area (Å²) in [5.41, 5.74) is 0. The first kappa shape index (κ1) is 35.3. The van der Waals surface area contributed by atoms with Crippen LogP contribution >= 0.6 is 0 Å². The molecule has 0 spiro atoms. The van der Waals surface area contributed by atoms with Crippen molar-refractivity contribution in [1.29, 1.82) is 0 Å². The molecular weight excluding hydrogens is 456 g/mol. The Kier molecular flexibility index (Phi) is 21.9. The minimum absolute atomic E-state index is 0.181. The predicted molar refractivity (Wildman–Crippen MR) is 148 cm³/mol. The van der Waals surface area contributed by atoms with Crippen molar-refractivity contribution in [3.63, 3.8) is 0 Å². The van der Waals surface area contributed by atoms with Crippen LogP contribution in [-0.4, -0.2) is 58.9 Å². The van der Waals surface area contributed by atoms with Gasteiger partial charge in [0, 0.05) is 0 Å². The summed E-state index contributed by atoms with van der Waals surface area (Å²) in [6.45, 7) is 12.1. The smallest absolute Gasteiger partial charge is 0.309 e. The van der Waals surface area contributed by atoms with Gasteiger partial charge in [0.1, 0.15) is 6.10 Å². The molecule has 0 amide bonds. The molecule has 0 bridgehead atoms. The first-order valence-corrected chi connectivity index (χ1v) is 15.1. The number of hydrogen-bond donors (Lipinski definition) is 3. The number of carbonyl (C=O) groups is 1. The van der Waals surface area contributed by atoms with Crippen LogP contribution in [0.1, 0.15) is 131 Å². The normalized spacial score (nSPS) is 17.7. The van der Waals surface area contributed by atoms with Crippen LogP contribution in [0, 0.1) is 17.8 Å². The third-order valence-corrected chi connectivity index (χ3v) is 7.78. The van der Waals surface area contributed by atoms with Gasteiger partial charge in [-0.3, -0.25) is 4.79 Å². The van der Waals surface area contributed by atoms with Gasteiger partial charge >= 0.3 is 5.97 Å². The van der Waals surface area contributed by atoms with E-state index in [1.807, 2.05) is 6.92 Å². The van der Waals surface area contributed by atoms with Gasteiger partial charge in [-0.05, 0) is 37.5 Å². The second kappa shape index (κ2) is 22.3. The SMILES string of the molecule is CCCCC(CC)CC(OC(CC(CC)CCCC)C(CO)OC(=O)C(CC)CCCC)C(O)CO. The maximum Gasteiger partial charge on any atom is 0.309 e. The van der Waals surface area contributed by atoms with Gasteiger partial charge < -0.3 is 24.8 Å². The Balaban J connectivity index is 5.83. The Labute approximate surface area is 222 Å². The van der Waals surface area contributed by atoms with Crippen LogP contribution < -0.4 is 0 Å². The van der Waals surface area contributed by atoms with E-state index in [-0.39, 0.29) is 25.1 Å². The highest BCUT2D eigenvalue weighted by Gasteiger charge is 2.34. The Hall–Kier alpha value is -0.690. The molecule has 0 heterocycles. The number of aliphatic hydroxyl groups is 3. The van der Waals surface area contributed by atoms with Crippen molar-refractivity contribution in [2.24, 2.45) is 17.8 Å². The molecule has 0 aromatic carbocycles. The lowest BCUT2D eigenvalue weighted by atomic mass is 9.89. The van der Waals surface area contributed by atoms with Gasteiger partial charge in [-0.25, -0.2) is 0 Å². The van der Waals surface area contributed by atoms with Crippen LogP contribution in [0.2, 0.25) is 0 Å². The molecule has 0 rings (SSSR count). The second-order valence-corrected chi connectivity index (χ2v) is 10.7. The van der Waals surface area contributed by atoms with Crippen molar-refractivity contribution in [1.82, 2.24) is 0 Å². The Morgan fingerprint density at radius 2 is 1.17 bits per heavy atom. The molecule has 7 unspecified atom stereocenters. The maximum absolute atomic E-state index is 13.0. The van der Waals surface area contributed by atoms with Gasteiger partial charge in [-0.15, -0.1) is 0 Å². The highest BCUT2D eigenvalue weighted by Crippen LogP contribution is 2.28. The van der Waals surface area contributed by atoms with E-state index in [1.165, 1.54) is 0 Å². The monoisotopic (exact) mass is 516 g/mol.